The molecule has 5 rings (SSSR count). The van der Waals surface area contributed by atoms with Crippen molar-refractivity contribution in [3.63, 3.8) is 0 Å². The molecule has 0 aromatic rings. The van der Waals surface area contributed by atoms with E-state index in [9.17, 15) is 19.6 Å². The lowest BCUT2D eigenvalue weighted by atomic mass is 9.52. The Morgan fingerprint density at radius 1 is 1.28 bits per heavy atom. The average Bonchev–Trinajstić information content (AvgIpc) is 3.37. The van der Waals surface area contributed by atoms with Crippen LogP contribution in [0.5, 0.6) is 0 Å². The van der Waals surface area contributed by atoms with Gasteiger partial charge in [-0.2, -0.15) is 5.26 Å². The molecule has 3 N–H and O–H groups in total. The molecule has 1 heterocycles. The van der Waals surface area contributed by atoms with Crippen molar-refractivity contribution < 1.29 is 14.4 Å². The van der Waals surface area contributed by atoms with Gasteiger partial charge in [0.1, 0.15) is 5.54 Å². The van der Waals surface area contributed by atoms with Crippen LogP contribution >= 0.6 is 0 Å². The molecule has 0 aromatic carbocycles. The molecule has 5 aliphatic rings. The van der Waals surface area contributed by atoms with E-state index >= 15 is 0 Å². The number of carbonyl (C=O) groups is 3. The third kappa shape index (κ3) is 2.54. The monoisotopic (exact) mass is 344 g/mol. The highest BCUT2D eigenvalue weighted by molar-refractivity contribution is 6.06. The van der Waals surface area contributed by atoms with E-state index in [4.69, 9.17) is 0 Å². The zero-order valence-corrected chi connectivity index (χ0v) is 14.4. The Morgan fingerprint density at radius 3 is 2.64 bits per heavy atom. The minimum absolute atomic E-state index is 0.0159. The van der Waals surface area contributed by atoms with Crippen LogP contribution in [0.1, 0.15) is 38.5 Å². The topological polar surface area (TPSA) is 111 Å². The smallest absolute Gasteiger partial charge is 0.238 e. The van der Waals surface area contributed by atoms with Crippen LogP contribution in [0.4, 0.5) is 0 Å². The van der Waals surface area contributed by atoms with E-state index in [2.05, 4.69) is 22.0 Å². The first-order valence-electron chi connectivity index (χ1n) is 9.24. The Morgan fingerprint density at radius 2 is 2.00 bits per heavy atom. The van der Waals surface area contributed by atoms with Crippen molar-refractivity contribution in [3.8, 4) is 6.07 Å². The quantitative estimate of drug-likeness (QED) is 0.611. The van der Waals surface area contributed by atoms with Crippen LogP contribution in [0, 0.1) is 40.9 Å². The Bertz CT molecular complexity index is 668. The predicted octanol–water partition coefficient (Wildman–Crippen LogP) is 0.0718. The summed E-state index contributed by atoms with van der Waals surface area (Å²) < 4.78 is 0. The number of hydrogen-bond acceptors (Lipinski definition) is 5. The van der Waals surface area contributed by atoms with Crippen molar-refractivity contribution in [2.24, 2.45) is 29.6 Å². The number of nitriles is 1. The number of carbonyl (C=O) groups excluding carboxylic acids is 3. The van der Waals surface area contributed by atoms with Gasteiger partial charge in [0.05, 0.1) is 23.9 Å². The first-order chi connectivity index (χ1) is 12.0. The van der Waals surface area contributed by atoms with Crippen molar-refractivity contribution in [1.29, 1.82) is 5.26 Å². The number of fused-ring (bicyclic) bond motifs is 2. The second kappa shape index (κ2) is 5.80. The number of likely N-dealkylation sites (N-methyl/N-ethyl adjacent to an activating group) is 1. The Labute approximate surface area is 146 Å². The molecule has 6 atom stereocenters. The number of nitrogens with one attached hydrogen (secondary N) is 3. The largest absolute Gasteiger partial charge is 0.336 e. The number of imide groups is 1. The molecule has 5 fully saturated rings. The minimum atomic E-state index is -1.04. The third-order valence-corrected chi connectivity index (χ3v) is 6.72. The molecule has 0 aromatic heterocycles. The molecule has 25 heavy (non-hydrogen) atoms. The van der Waals surface area contributed by atoms with Crippen molar-refractivity contribution in [2.45, 2.75) is 50.1 Å². The van der Waals surface area contributed by atoms with E-state index in [1.165, 1.54) is 0 Å². The molecular formula is C18H24N4O3. The van der Waals surface area contributed by atoms with Crippen LogP contribution < -0.4 is 16.0 Å². The summed E-state index contributed by atoms with van der Waals surface area (Å²) in [6.07, 6.45) is 5.10. The summed E-state index contributed by atoms with van der Waals surface area (Å²) in [5, 5.41) is 18.4. The average molecular weight is 344 g/mol. The molecule has 0 radical (unpaired) electrons. The van der Waals surface area contributed by atoms with Gasteiger partial charge in [0, 0.05) is 5.92 Å². The summed E-state index contributed by atoms with van der Waals surface area (Å²) in [6, 6.07) is 2.01. The van der Waals surface area contributed by atoms with Gasteiger partial charge in [-0.15, -0.1) is 0 Å². The lowest BCUT2D eigenvalue weighted by Crippen LogP contribution is -2.65. The Hall–Kier alpha value is -1.94. The molecule has 7 nitrogen and oxygen atoms in total. The van der Waals surface area contributed by atoms with Gasteiger partial charge in [-0.1, -0.05) is 12.8 Å². The highest BCUT2D eigenvalue weighted by Gasteiger charge is 2.64. The van der Waals surface area contributed by atoms with Gasteiger partial charge in [0.25, 0.3) is 0 Å². The first kappa shape index (κ1) is 16.5. The zero-order valence-electron chi connectivity index (χ0n) is 14.4. The van der Waals surface area contributed by atoms with Gasteiger partial charge in [0.15, 0.2) is 0 Å². The fourth-order valence-electron chi connectivity index (χ4n) is 5.30. The van der Waals surface area contributed by atoms with E-state index in [-0.39, 0.29) is 41.5 Å². The Kier molecular flexibility index (Phi) is 3.84. The highest BCUT2D eigenvalue weighted by atomic mass is 16.2. The number of rotatable bonds is 5. The van der Waals surface area contributed by atoms with E-state index in [1.807, 2.05) is 0 Å². The molecule has 4 aliphatic carbocycles. The van der Waals surface area contributed by atoms with Gasteiger partial charge in [-0.3, -0.25) is 19.7 Å². The molecule has 1 aliphatic heterocycles. The van der Waals surface area contributed by atoms with Crippen LogP contribution in [-0.2, 0) is 14.4 Å². The SMILES string of the molecule is CN[C@@H](CC1CC1)C(=O)NC1(C#N)C[C@H]2CC[C@@H]1[C@H]1C(=O)NC(=O)[C@@H]21. The maximum atomic E-state index is 12.8. The van der Waals surface area contributed by atoms with Crippen LogP contribution in [-0.4, -0.2) is 36.3 Å². The van der Waals surface area contributed by atoms with E-state index in [0.717, 1.165) is 25.7 Å². The summed E-state index contributed by atoms with van der Waals surface area (Å²) in [4.78, 5) is 37.2. The van der Waals surface area contributed by atoms with Gasteiger partial charge in [-0.05, 0) is 44.6 Å². The fourth-order valence-corrected chi connectivity index (χ4v) is 5.30. The molecule has 1 unspecified atom stereocenters. The molecule has 134 valence electrons. The summed E-state index contributed by atoms with van der Waals surface area (Å²) in [7, 11) is 1.76. The molecule has 0 spiro atoms. The van der Waals surface area contributed by atoms with E-state index in [0.29, 0.717) is 18.8 Å². The van der Waals surface area contributed by atoms with Crippen molar-refractivity contribution in [2.75, 3.05) is 7.05 Å². The fraction of sp³-hybridized carbons (Fsp3) is 0.778. The summed E-state index contributed by atoms with van der Waals surface area (Å²) in [5.74, 6) is -1.16. The van der Waals surface area contributed by atoms with Crippen LogP contribution in [0.3, 0.4) is 0 Å². The maximum absolute atomic E-state index is 12.8. The van der Waals surface area contributed by atoms with Gasteiger partial charge in [-0.25, -0.2) is 0 Å². The molecule has 3 amide bonds. The van der Waals surface area contributed by atoms with Crippen molar-refractivity contribution >= 4 is 17.7 Å². The number of hydrogen-bond donors (Lipinski definition) is 3. The summed E-state index contributed by atoms with van der Waals surface area (Å²) >= 11 is 0. The van der Waals surface area contributed by atoms with Gasteiger partial charge in [0.2, 0.25) is 17.7 Å². The van der Waals surface area contributed by atoms with Crippen LogP contribution in [0.25, 0.3) is 0 Å². The maximum Gasteiger partial charge on any atom is 0.238 e. The summed E-state index contributed by atoms with van der Waals surface area (Å²) in [6.45, 7) is 0. The van der Waals surface area contributed by atoms with Crippen LogP contribution in [0.2, 0.25) is 0 Å². The number of nitrogens with zero attached hydrogens (tertiary/aromatic N) is 1. The highest BCUT2D eigenvalue weighted by Crippen LogP contribution is 2.55. The molecule has 7 heteroatoms. The van der Waals surface area contributed by atoms with Crippen molar-refractivity contribution in [1.82, 2.24) is 16.0 Å². The summed E-state index contributed by atoms with van der Waals surface area (Å²) in [5.41, 5.74) is -1.04. The van der Waals surface area contributed by atoms with Crippen molar-refractivity contribution in [3.05, 3.63) is 0 Å². The molecular weight excluding hydrogens is 320 g/mol. The van der Waals surface area contributed by atoms with Gasteiger partial charge < -0.3 is 10.6 Å². The Balaban J connectivity index is 1.57. The minimum Gasteiger partial charge on any atom is -0.336 e. The standard InChI is InChI=1S/C18H24N4O3/c1-20-12(6-9-2-3-9)15(23)22-18(8-19)7-10-4-5-11(18)14-13(10)16(24)21-17(14)25/h9-14,20H,2-7H2,1H3,(H,22,23)(H,21,24,25)/t10-,11-,12+,13+,14-,18?/m1/s1. The normalized spacial score (nSPS) is 40.2. The predicted molar refractivity (Wildman–Crippen MR) is 87.6 cm³/mol. The zero-order chi connectivity index (χ0) is 17.8. The third-order valence-electron chi connectivity index (χ3n) is 6.72. The van der Waals surface area contributed by atoms with E-state index in [1.54, 1.807) is 7.05 Å². The lowest BCUT2D eigenvalue weighted by Gasteiger charge is -2.52. The molecule has 1 saturated heterocycles. The lowest BCUT2D eigenvalue weighted by molar-refractivity contribution is -0.137. The van der Waals surface area contributed by atoms with E-state index < -0.39 is 11.5 Å². The number of amides is 3. The molecule has 4 saturated carbocycles. The molecule has 2 bridgehead atoms. The first-order valence-corrected chi connectivity index (χ1v) is 9.24. The second-order valence-corrected chi connectivity index (χ2v) is 8.15. The van der Waals surface area contributed by atoms with Gasteiger partial charge >= 0.3 is 0 Å². The van der Waals surface area contributed by atoms with Crippen LogP contribution in [0.15, 0.2) is 0 Å². The second-order valence-electron chi connectivity index (χ2n) is 8.15.